The van der Waals surface area contributed by atoms with Crippen LogP contribution in [0.25, 0.3) is 10.9 Å². The first-order chi connectivity index (χ1) is 13.2. The predicted molar refractivity (Wildman–Crippen MR) is 113 cm³/mol. The van der Waals surface area contributed by atoms with Gasteiger partial charge in [0.25, 0.3) is 0 Å². The molecule has 4 rings (SSSR count). The highest BCUT2D eigenvalue weighted by molar-refractivity contribution is 5.92. The van der Waals surface area contributed by atoms with Gasteiger partial charge in [-0.1, -0.05) is 6.07 Å². The number of nitrogens with one attached hydrogen (secondary N) is 3. The molecule has 3 heterocycles. The van der Waals surface area contributed by atoms with Crippen LogP contribution in [0.4, 0.5) is 11.5 Å². The molecule has 0 amide bonds. The van der Waals surface area contributed by atoms with Crippen molar-refractivity contribution in [3.8, 4) is 0 Å². The van der Waals surface area contributed by atoms with Crippen molar-refractivity contribution in [2.75, 3.05) is 37.3 Å². The molecule has 1 fully saturated rings. The lowest BCUT2D eigenvalue weighted by Crippen LogP contribution is -2.33. The standard InChI is InChI=1S/C22H29N5/c1-16-11-20-19(5-8-23-20)21(12-16)24-14-18-3-4-22(26-15-18)25-13-17-6-9-27(2)10-7-17/h3-5,8,11-12,15,17,23-24H,6-7,9-10,13-14H2,1-2H3,(H,25,26). The highest BCUT2D eigenvalue weighted by Crippen LogP contribution is 2.25. The molecule has 2 aromatic heterocycles. The van der Waals surface area contributed by atoms with Crippen LogP contribution in [0.2, 0.25) is 0 Å². The van der Waals surface area contributed by atoms with Crippen molar-refractivity contribution in [2.45, 2.75) is 26.3 Å². The zero-order valence-corrected chi connectivity index (χ0v) is 16.3. The van der Waals surface area contributed by atoms with E-state index in [0.29, 0.717) is 0 Å². The number of pyridine rings is 1. The molecule has 3 N–H and O–H groups in total. The van der Waals surface area contributed by atoms with Gasteiger partial charge in [-0.25, -0.2) is 4.98 Å². The number of hydrogen-bond donors (Lipinski definition) is 3. The van der Waals surface area contributed by atoms with Crippen LogP contribution in [0.5, 0.6) is 0 Å². The summed E-state index contributed by atoms with van der Waals surface area (Å²) in [6.45, 7) is 6.33. The molecule has 1 saturated heterocycles. The minimum atomic E-state index is 0.759. The van der Waals surface area contributed by atoms with Crippen LogP contribution in [-0.2, 0) is 6.54 Å². The number of aryl methyl sites for hydroxylation is 1. The van der Waals surface area contributed by atoms with Gasteiger partial charge in [0, 0.05) is 42.1 Å². The lowest BCUT2D eigenvalue weighted by atomic mass is 9.97. The molecule has 27 heavy (non-hydrogen) atoms. The van der Waals surface area contributed by atoms with Gasteiger partial charge in [-0.05, 0) is 81.2 Å². The third-order valence-corrected chi connectivity index (χ3v) is 5.53. The predicted octanol–water partition coefficient (Wildman–Crippen LogP) is 4.24. The Bertz CT molecular complexity index is 875. The minimum absolute atomic E-state index is 0.759. The van der Waals surface area contributed by atoms with E-state index in [1.165, 1.54) is 48.0 Å². The van der Waals surface area contributed by atoms with Crippen LogP contribution in [0.3, 0.4) is 0 Å². The highest BCUT2D eigenvalue weighted by atomic mass is 15.1. The number of likely N-dealkylation sites (tertiary alicyclic amines) is 1. The van der Waals surface area contributed by atoms with E-state index in [-0.39, 0.29) is 0 Å². The molecule has 0 saturated carbocycles. The van der Waals surface area contributed by atoms with Crippen LogP contribution < -0.4 is 10.6 Å². The number of piperidine rings is 1. The van der Waals surface area contributed by atoms with Gasteiger partial charge in [-0.2, -0.15) is 0 Å². The third kappa shape index (κ3) is 4.42. The second kappa shape index (κ2) is 8.01. The summed E-state index contributed by atoms with van der Waals surface area (Å²) in [5, 5.41) is 8.28. The van der Waals surface area contributed by atoms with Crippen LogP contribution >= 0.6 is 0 Å². The lowest BCUT2D eigenvalue weighted by Gasteiger charge is -2.29. The highest BCUT2D eigenvalue weighted by Gasteiger charge is 2.16. The molecule has 142 valence electrons. The van der Waals surface area contributed by atoms with Gasteiger partial charge in [-0.3, -0.25) is 0 Å². The van der Waals surface area contributed by atoms with Crippen molar-refractivity contribution < 1.29 is 0 Å². The number of aromatic amines is 1. The summed E-state index contributed by atoms with van der Waals surface area (Å²) in [7, 11) is 2.20. The quantitative estimate of drug-likeness (QED) is 0.613. The number of nitrogens with zero attached hydrogens (tertiary/aromatic N) is 2. The van der Waals surface area contributed by atoms with E-state index >= 15 is 0 Å². The SMILES string of the molecule is Cc1cc(NCc2ccc(NCC3CCN(C)CC3)nc2)c2cc[nH]c2c1. The number of aromatic nitrogens is 2. The zero-order chi connectivity index (χ0) is 18.6. The molecular formula is C22H29N5. The Kier molecular flexibility index (Phi) is 5.30. The van der Waals surface area contributed by atoms with Gasteiger partial charge in [0.15, 0.2) is 0 Å². The van der Waals surface area contributed by atoms with Gasteiger partial charge in [-0.15, -0.1) is 0 Å². The maximum Gasteiger partial charge on any atom is 0.125 e. The molecule has 3 aromatic rings. The average molecular weight is 364 g/mol. The normalized spacial score (nSPS) is 15.9. The largest absolute Gasteiger partial charge is 0.380 e. The van der Waals surface area contributed by atoms with Crippen molar-refractivity contribution >= 4 is 22.4 Å². The monoisotopic (exact) mass is 363 g/mol. The average Bonchev–Trinajstić information content (AvgIpc) is 3.15. The fraction of sp³-hybridized carbons (Fsp3) is 0.409. The number of hydrogen-bond acceptors (Lipinski definition) is 4. The van der Waals surface area contributed by atoms with Gasteiger partial charge < -0.3 is 20.5 Å². The van der Waals surface area contributed by atoms with E-state index < -0.39 is 0 Å². The van der Waals surface area contributed by atoms with Crippen molar-refractivity contribution in [3.63, 3.8) is 0 Å². The second-order valence-corrected chi connectivity index (χ2v) is 7.78. The van der Waals surface area contributed by atoms with Crippen LogP contribution in [-0.4, -0.2) is 41.5 Å². The number of rotatable bonds is 6. The Labute approximate surface area is 161 Å². The summed E-state index contributed by atoms with van der Waals surface area (Å²) in [4.78, 5) is 10.3. The third-order valence-electron chi connectivity index (χ3n) is 5.53. The summed E-state index contributed by atoms with van der Waals surface area (Å²) in [6, 6.07) is 10.7. The van der Waals surface area contributed by atoms with Crippen molar-refractivity contribution in [2.24, 2.45) is 5.92 Å². The van der Waals surface area contributed by atoms with E-state index in [1.807, 2.05) is 12.4 Å². The molecule has 5 heteroatoms. The lowest BCUT2D eigenvalue weighted by molar-refractivity contribution is 0.226. The van der Waals surface area contributed by atoms with Crippen molar-refractivity contribution in [1.82, 2.24) is 14.9 Å². The fourth-order valence-corrected chi connectivity index (χ4v) is 3.80. The van der Waals surface area contributed by atoms with Crippen LogP contribution in [0, 0.1) is 12.8 Å². The Morgan fingerprint density at radius 1 is 1.15 bits per heavy atom. The van der Waals surface area contributed by atoms with Gasteiger partial charge in [0.05, 0.1) is 0 Å². The Balaban J connectivity index is 1.32. The van der Waals surface area contributed by atoms with E-state index in [2.05, 4.69) is 69.8 Å². The van der Waals surface area contributed by atoms with Crippen LogP contribution in [0.15, 0.2) is 42.7 Å². The fourth-order valence-electron chi connectivity index (χ4n) is 3.80. The molecule has 0 spiro atoms. The Morgan fingerprint density at radius 3 is 2.78 bits per heavy atom. The van der Waals surface area contributed by atoms with Gasteiger partial charge in [0.2, 0.25) is 0 Å². The van der Waals surface area contributed by atoms with E-state index in [1.54, 1.807) is 0 Å². The molecule has 0 unspecified atom stereocenters. The zero-order valence-electron chi connectivity index (χ0n) is 16.3. The Hall–Kier alpha value is -2.53. The maximum absolute atomic E-state index is 4.59. The van der Waals surface area contributed by atoms with Gasteiger partial charge >= 0.3 is 0 Å². The summed E-state index contributed by atoms with van der Waals surface area (Å²) in [5.74, 6) is 1.73. The summed E-state index contributed by atoms with van der Waals surface area (Å²) in [5.41, 5.74) is 4.77. The number of H-pyrrole nitrogens is 1. The van der Waals surface area contributed by atoms with E-state index in [4.69, 9.17) is 0 Å². The number of fused-ring (bicyclic) bond motifs is 1. The second-order valence-electron chi connectivity index (χ2n) is 7.78. The summed E-state index contributed by atoms with van der Waals surface area (Å²) < 4.78 is 0. The number of benzene rings is 1. The van der Waals surface area contributed by atoms with E-state index in [9.17, 15) is 0 Å². The molecule has 0 bridgehead atoms. The first-order valence-corrected chi connectivity index (χ1v) is 9.86. The van der Waals surface area contributed by atoms with Crippen LogP contribution in [0.1, 0.15) is 24.0 Å². The maximum atomic E-state index is 4.59. The smallest absolute Gasteiger partial charge is 0.125 e. The van der Waals surface area contributed by atoms with Crippen molar-refractivity contribution in [1.29, 1.82) is 0 Å². The number of anilines is 2. The minimum Gasteiger partial charge on any atom is -0.380 e. The van der Waals surface area contributed by atoms with E-state index in [0.717, 1.165) is 30.5 Å². The Morgan fingerprint density at radius 2 is 2.00 bits per heavy atom. The van der Waals surface area contributed by atoms with Gasteiger partial charge in [0.1, 0.15) is 5.82 Å². The topological polar surface area (TPSA) is 56.0 Å². The molecule has 1 aliphatic rings. The molecule has 0 aliphatic carbocycles. The molecule has 0 atom stereocenters. The first-order valence-electron chi connectivity index (χ1n) is 9.86. The molecule has 1 aliphatic heterocycles. The molecule has 5 nitrogen and oxygen atoms in total. The molecule has 1 aromatic carbocycles. The molecule has 0 radical (unpaired) electrons. The first kappa shape index (κ1) is 17.9. The summed E-state index contributed by atoms with van der Waals surface area (Å²) >= 11 is 0. The molecular weight excluding hydrogens is 334 g/mol. The summed E-state index contributed by atoms with van der Waals surface area (Å²) in [6.07, 6.45) is 6.50. The van der Waals surface area contributed by atoms with Crippen molar-refractivity contribution in [3.05, 3.63) is 53.9 Å².